The van der Waals surface area contributed by atoms with E-state index >= 15 is 0 Å². The molecule has 8 nitrogen and oxygen atoms in total. The normalized spacial score (nSPS) is 14.8. The molecule has 8 heteroatoms. The Hall–Kier alpha value is -3.81. The Bertz CT molecular complexity index is 1230. The van der Waals surface area contributed by atoms with Gasteiger partial charge in [-0.15, -0.1) is 0 Å². The first-order valence-corrected chi connectivity index (χ1v) is 8.68. The number of hydrogen-bond donors (Lipinski definition) is 1. The van der Waals surface area contributed by atoms with Gasteiger partial charge in [0.05, 0.1) is 21.7 Å². The van der Waals surface area contributed by atoms with E-state index < -0.39 is 10.9 Å². The van der Waals surface area contributed by atoms with E-state index in [4.69, 9.17) is 5.11 Å². The molecule has 0 saturated heterocycles. The van der Waals surface area contributed by atoms with Crippen molar-refractivity contribution >= 4 is 29.0 Å². The van der Waals surface area contributed by atoms with Crippen molar-refractivity contribution in [1.29, 1.82) is 0 Å². The molecule has 2 heterocycles. The first-order valence-electron chi connectivity index (χ1n) is 8.68. The number of nitro groups is 1. The third-order valence-electron chi connectivity index (χ3n) is 4.80. The van der Waals surface area contributed by atoms with Gasteiger partial charge in [-0.3, -0.25) is 19.3 Å². The lowest BCUT2D eigenvalue weighted by molar-refractivity contribution is -0.385. The Morgan fingerprint density at radius 2 is 2.00 bits per heavy atom. The first-order chi connectivity index (χ1) is 13.5. The van der Waals surface area contributed by atoms with Crippen molar-refractivity contribution in [2.24, 2.45) is 0 Å². The summed E-state index contributed by atoms with van der Waals surface area (Å²) in [5, 5.41) is 20.4. The van der Waals surface area contributed by atoms with Crippen LogP contribution in [0, 0.1) is 10.1 Å². The number of pyridine rings is 1. The lowest BCUT2D eigenvalue weighted by atomic mass is 9.90. The number of hydrogen-bond acceptors (Lipinski definition) is 5. The van der Waals surface area contributed by atoms with Gasteiger partial charge in [0.2, 0.25) is 0 Å². The summed E-state index contributed by atoms with van der Waals surface area (Å²) in [7, 11) is 0. The second-order valence-electron chi connectivity index (χ2n) is 6.53. The third kappa shape index (κ3) is 2.94. The van der Waals surface area contributed by atoms with Crippen molar-refractivity contribution < 1.29 is 14.8 Å². The van der Waals surface area contributed by atoms with E-state index in [0.29, 0.717) is 41.7 Å². The van der Waals surface area contributed by atoms with Crippen LogP contribution in [0.5, 0.6) is 0 Å². The van der Waals surface area contributed by atoms with E-state index in [-0.39, 0.29) is 16.8 Å². The summed E-state index contributed by atoms with van der Waals surface area (Å²) in [5.41, 5.74) is 2.26. The Balaban J connectivity index is 1.92. The number of carboxylic acid groups (broad SMARTS) is 1. The van der Waals surface area contributed by atoms with Gasteiger partial charge in [0.15, 0.2) is 0 Å². The number of carboxylic acids is 1. The predicted octanol–water partition coefficient (Wildman–Crippen LogP) is 3.18. The van der Waals surface area contributed by atoms with Gasteiger partial charge >= 0.3 is 5.97 Å². The van der Waals surface area contributed by atoms with Crippen LogP contribution in [0.3, 0.4) is 0 Å². The summed E-state index contributed by atoms with van der Waals surface area (Å²) in [6, 6.07) is 9.30. The third-order valence-corrected chi connectivity index (χ3v) is 4.80. The monoisotopic (exact) mass is 377 g/mol. The van der Waals surface area contributed by atoms with Crippen molar-refractivity contribution in [2.45, 2.75) is 19.3 Å². The summed E-state index contributed by atoms with van der Waals surface area (Å²) in [5.74, 6) is -1.12. The molecule has 28 heavy (non-hydrogen) atoms. The average Bonchev–Trinajstić information content (AvgIpc) is 2.69. The van der Waals surface area contributed by atoms with Crippen LogP contribution in [0.4, 0.5) is 5.69 Å². The fourth-order valence-electron chi connectivity index (χ4n) is 3.47. The second kappa shape index (κ2) is 6.73. The van der Waals surface area contributed by atoms with E-state index in [1.165, 1.54) is 28.8 Å². The first kappa shape index (κ1) is 17.6. The van der Waals surface area contributed by atoms with E-state index in [2.05, 4.69) is 4.98 Å². The molecular weight excluding hydrogens is 362 g/mol. The maximum absolute atomic E-state index is 12.9. The molecule has 2 aromatic heterocycles. The van der Waals surface area contributed by atoms with Crippen LogP contribution in [-0.4, -0.2) is 25.4 Å². The fourth-order valence-corrected chi connectivity index (χ4v) is 3.47. The molecule has 0 spiro atoms. The number of aromatic nitrogens is 2. The summed E-state index contributed by atoms with van der Waals surface area (Å²) < 4.78 is 1.25. The van der Waals surface area contributed by atoms with E-state index in [1.54, 1.807) is 24.3 Å². The minimum atomic E-state index is -1.12. The zero-order valence-corrected chi connectivity index (χ0v) is 14.7. The van der Waals surface area contributed by atoms with Gasteiger partial charge in [-0.25, -0.2) is 9.78 Å². The molecule has 1 aliphatic carbocycles. The molecule has 0 bridgehead atoms. The molecule has 1 aliphatic rings. The molecule has 0 fully saturated rings. The van der Waals surface area contributed by atoms with Gasteiger partial charge in [-0.2, -0.15) is 0 Å². The van der Waals surface area contributed by atoms with E-state index in [0.717, 1.165) is 5.57 Å². The Morgan fingerprint density at radius 3 is 2.75 bits per heavy atom. The summed E-state index contributed by atoms with van der Waals surface area (Å²) >= 11 is 0. The topological polar surface area (TPSA) is 115 Å². The number of fused-ring (bicyclic) bond motifs is 2. The van der Waals surface area contributed by atoms with Crippen molar-refractivity contribution in [3.05, 3.63) is 85.4 Å². The fraction of sp³-hybridized carbons (Fsp3) is 0.150. The van der Waals surface area contributed by atoms with E-state index in [9.17, 15) is 19.7 Å². The molecule has 0 amide bonds. The molecule has 0 saturated carbocycles. The minimum Gasteiger partial charge on any atom is -0.478 e. The van der Waals surface area contributed by atoms with Gasteiger partial charge in [0.25, 0.3) is 11.2 Å². The molecule has 140 valence electrons. The van der Waals surface area contributed by atoms with Crippen LogP contribution in [0.15, 0.2) is 47.4 Å². The molecule has 0 aliphatic heterocycles. The number of allylic oxidation sites excluding steroid dienone is 1. The van der Waals surface area contributed by atoms with Crippen LogP contribution in [0.25, 0.3) is 17.3 Å². The zero-order valence-electron chi connectivity index (χ0n) is 14.7. The Morgan fingerprint density at radius 1 is 1.21 bits per heavy atom. The highest BCUT2D eigenvalue weighted by atomic mass is 16.6. The van der Waals surface area contributed by atoms with Crippen molar-refractivity contribution in [3.63, 3.8) is 0 Å². The molecule has 0 radical (unpaired) electrons. The smallest absolute Gasteiger partial charge is 0.337 e. The van der Waals surface area contributed by atoms with Crippen LogP contribution < -0.4 is 5.56 Å². The van der Waals surface area contributed by atoms with Crippen LogP contribution >= 0.6 is 0 Å². The van der Waals surface area contributed by atoms with Crippen LogP contribution in [-0.2, 0) is 6.42 Å². The van der Waals surface area contributed by atoms with Crippen molar-refractivity contribution in [1.82, 2.24) is 9.38 Å². The lowest BCUT2D eigenvalue weighted by Gasteiger charge is -2.18. The van der Waals surface area contributed by atoms with Gasteiger partial charge in [-0.05, 0) is 49.1 Å². The highest BCUT2D eigenvalue weighted by Gasteiger charge is 2.22. The molecule has 0 atom stereocenters. The molecule has 1 N–H and O–H groups in total. The quantitative estimate of drug-likeness (QED) is 0.554. The number of benzene rings is 1. The van der Waals surface area contributed by atoms with Gasteiger partial charge in [0.1, 0.15) is 5.65 Å². The van der Waals surface area contributed by atoms with E-state index in [1.807, 2.05) is 0 Å². The molecular formula is C20H15N3O5. The zero-order chi connectivity index (χ0) is 19.8. The largest absolute Gasteiger partial charge is 0.478 e. The van der Waals surface area contributed by atoms with Gasteiger partial charge in [0, 0.05) is 17.8 Å². The SMILES string of the molecule is O=C(O)c1ccc2nc3c(c(=O)n2c1)CCCC3=Cc1ccccc1[N+](=O)[O-]. The lowest BCUT2D eigenvalue weighted by Crippen LogP contribution is -2.25. The molecule has 4 rings (SSSR count). The Labute approximate surface area is 158 Å². The summed E-state index contributed by atoms with van der Waals surface area (Å²) in [4.78, 5) is 39.5. The number of para-hydroxylation sites is 1. The van der Waals surface area contributed by atoms with Crippen LogP contribution in [0.1, 0.15) is 40.0 Å². The minimum absolute atomic E-state index is 0.00263. The molecule has 0 unspecified atom stereocenters. The average molecular weight is 377 g/mol. The maximum Gasteiger partial charge on any atom is 0.337 e. The van der Waals surface area contributed by atoms with Crippen LogP contribution in [0.2, 0.25) is 0 Å². The standard InChI is InChI=1S/C20H15N3O5/c24-19-15-6-3-5-13(10-12-4-1-2-7-16(12)23(27)28)18(15)21-17-9-8-14(20(25)26)11-22(17)19/h1-2,4,7-11H,3,5-6H2,(H,25,26). The maximum atomic E-state index is 12.9. The van der Waals surface area contributed by atoms with Gasteiger partial charge < -0.3 is 5.11 Å². The highest BCUT2D eigenvalue weighted by Crippen LogP contribution is 2.31. The summed E-state index contributed by atoms with van der Waals surface area (Å²) in [6.07, 6.45) is 4.86. The number of nitrogens with zero attached hydrogens (tertiary/aromatic N) is 3. The Kier molecular flexibility index (Phi) is 4.23. The second-order valence-corrected chi connectivity index (χ2v) is 6.53. The van der Waals surface area contributed by atoms with Crippen molar-refractivity contribution in [3.8, 4) is 0 Å². The molecule has 3 aromatic rings. The molecule has 1 aromatic carbocycles. The van der Waals surface area contributed by atoms with Gasteiger partial charge in [-0.1, -0.05) is 12.1 Å². The summed E-state index contributed by atoms with van der Waals surface area (Å²) in [6.45, 7) is 0. The number of rotatable bonds is 3. The predicted molar refractivity (Wildman–Crippen MR) is 102 cm³/mol. The number of aromatic carboxylic acids is 1. The van der Waals surface area contributed by atoms with Crippen molar-refractivity contribution in [2.75, 3.05) is 0 Å². The number of nitro benzene ring substituents is 1. The number of carbonyl (C=O) groups is 1. The highest BCUT2D eigenvalue weighted by molar-refractivity contribution is 5.88.